The van der Waals surface area contributed by atoms with Crippen molar-refractivity contribution in [1.29, 1.82) is 0 Å². The highest BCUT2D eigenvalue weighted by Crippen LogP contribution is 2.12. The number of nitrogens with one attached hydrogen (secondary N) is 1. The zero-order valence-corrected chi connectivity index (χ0v) is 10.6. The summed E-state index contributed by atoms with van der Waals surface area (Å²) < 4.78 is 10.0. The lowest BCUT2D eigenvalue weighted by Gasteiger charge is -2.11. The van der Waals surface area contributed by atoms with E-state index in [1.165, 1.54) is 0 Å². The molecule has 5 heteroatoms. The molecule has 0 aliphatic heterocycles. The number of hydrogen-bond acceptors (Lipinski definition) is 5. The van der Waals surface area contributed by atoms with Gasteiger partial charge in [-0.05, 0) is 6.92 Å². The first kappa shape index (κ1) is 13.9. The van der Waals surface area contributed by atoms with Crippen LogP contribution in [0.3, 0.4) is 0 Å². The van der Waals surface area contributed by atoms with Crippen molar-refractivity contribution in [3.63, 3.8) is 0 Å². The van der Waals surface area contributed by atoms with Crippen molar-refractivity contribution in [3.05, 3.63) is 23.5 Å². The van der Waals surface area contributed by atoms with E-state index in [0.717, 1.165) is 17.1 Å². The van der Waals surface area contributed by atoms with Crippen LogP contribution in [0.5, 0.6) is 5.75 Å². The summed E-state index contributed by atoms with van der Waals surface area (Å²) in [6.45, 7) is 3.33. The molecular weight excluding hydrogens is 220 g/mol. The van der Waals surface area contributed by atoms with Crippen LogP contribution in [-0.2, 0) is 11.3 Å². The van der Waals surface area contributed by atoms with Crippen LogP contribution in [0.2, 0.25) is 0 Å². The first-order valence-corrected chi connectivity index (χ1v) is 5.55. The van der Waals surface area contributed by atoms with Gasteiger partial charge in [0.25, 0.3) is 0 Å². The Morgan fingerprint density at radius 3 is 2.82 bits per heavy atom. The molecule has 0 saturated heterocycles. The lowest BCUT2D eigenvalue weighted by molar-refractivity contribution is 0.0643. The molecule has 0 radical (unpaired) electrons. The Morgan fingerprint density at radius 1 is 1.41 bits per heavy atom. The summed E-state index contributed by atoms with van der Waals surface area (Å²) in [4.78, 5) is 4.37. The number of ether oxygens (including phenoxy) is 2. The maximum absolute atomic E-state index is 9.45. The van der Waals surface area contributed by atoms with Crippen LogP contribution in [0.1, 0.15) is 11.4 Å². The molecular formula is C12H20N2O3. The maximum atomic E-state index is 9.45. The van der Waals surface area contributed by atoms with Crippen LogP contribution in [0.15, 0.2) is 12.1 Å². The van der Waals surface area contributed by atoms with Gasteiger partial charge in [-0.15, -0.1) is 0 Å². The molecule has 1 unspecified atom stereocenters. The highest BCUT2D eigenvalue weighted by molar-refractivity contribution is 5.26. The Bertz CT molecular complexity index is 345. The minimum absolute atomic E-state index is 0.331. The van der Waals surface area contributed by atoms with Gasteiger partial charge >= 0.3 is 0 Å². The van der Waals surface area contributed by atoms with Crippen molar-refractivity contribution in [2.75, 3.05) is 27.4 Å². The average molecular weight is 240 g/mol. The quantitative estimate of drug-likeness (QED) is 0.726. The van der Waals surface area contributed by atoms with Gasteiger partial charge < -0.3 is 19.9 Å². The van der Waals surface area contributed by atoms with E-state index < -0.39 is 6.10 Å². The zero-order chi connectivity index (χ0) is 12.7. The highest BCUT2D eigenvalue weighted by atomic mass is 16.5. The molecule has 0 spiro atoms. The topological polar surface area (TPSA) is 63.6 Å². The van der Waals surface area contributed by atoms with Crippen LogP contribution in [0.25, 0.3) is 0 Å². The van der Waals surface area contributed by atoms with E-state index in [0.29, 0.717) is 19.7 Å². The highest BCUT2D eigenvalue weighted by Gasteiger charge is 2.04. The van der Waals surface area contributed by atoms with Crippen LogP contribution in [0, 0.1) is 6.92 Å². The number of aliphatic hydroxyl groups excluding tert-OH is 1. The van der Waals surface area contributed by atoms with Crippen molar-refractivity contribution >= 4 is 0 Å². The summed E-state index contributed by atoms with van der Waals surface area (Å²) in [5.41, 5.74) is 1.81. The van der Waals surface area contributed by atoms with Crippen molar-refractivity contribution in [2.45, 2.75) is 19.6 Å². The predicted molar refractivity (Wildman–Crippen MR) is 65.1 cm³/mol. The van der Waals surface area contributed by atoms with Gasteiger partial charge in [0.15, 0.2) is 0 Å². The van der Waals surface area contributed by atoms with Crippen LogP contribution in [0.4, 0.5) is 0 Å². The summed E-state index contributed by atoms with van der Waals surface area (Å²) in [6, 6.07) is 3.76. The minimum Gasteiger partial charge on any atom is -0.497 e. The third-order valence-electron chi connectivity index (χ3n) is 2.26. The van der Waals surface area contributed by atoms with E-state index in [1.54, 1.807) is 14.2 Å². The fraction of sp³-hybridized carbons (Fsp3) is 0.583. The normalized spacial score (nSPS) is 12.5. The fourth-order valence-electron chi connectivity index (χ4n) is 1.53. The molecule has 0 aliphatic rings. The number of hydrogen-bond donors (Lipinski definition) is 2. The van der Waals surface area contributed by atoms with Gasteiger partial charge in [0, 0.05) is 38.0 Å². The standard InChI is InChI=1S/C12H20N2O3/c1-9-4-12(17-3)5-10(14-9)6-13-7-11(15)8-16-2/h4-5,11,13,15H,6-8H2,1-3H3. The summed E-state index contributed by atoms with van der Waals surface area (Å²) in [6.07, 6.45) is -0.494. The average Bonchev–Trinajstić information content (AvgIpc) is 2.28. The smallest absolute Gasteiger partial charge is 0.122 e. The van der Waals surface area contributed by atoms with Crippen LogP contribution < -0.4 is 10.1 Å². The third-order valence-corrected chi connectivity index (χ3v) is 2.26. The molecule has 1 aromatic heterocycles. The lowest BCUT2D eigenvalue weighted by Crippen LogP contribution is -2.29. The molecule has 0 amide bonds. The molecule has 1 rings (SSSR count). The van der Waals surface area contributed by atoms with Gasteiger partial charge in [0.1, 0.15) is 5.75 Å². The van der Waals surface area contributed by atoms with E-state index in [9.17, 15) is 5.11 Å². The van der Waals surface area contributed by atoms with Gasteiger partial charge in [-0.3, -0.25) is 4.98 Å². The molecule has 0 aliphatic carbocycles. The number of methoxy groups -OCH3 is 2. The van der Waals surface area contributed by atoms with Crippen LogP contribution in [-0.4, -0.2) is 43.6 Å². The van der Waals surface area contributed by atoms with E-state index in [4.69, 9.17) is 9.47 Å². The van der Waals surface area contributed by atoms with E-state index in [1.807, 2.05) is 19.1 Å². The second-order valence-corrected chi connectivity index (χ2v) is 3.88. The van der Waals surface area contributed by atoms with E-state index in [2.05, 4.69) is 10.3 Å². The van der Waals surface area contributed by atoms with Gasteiger partial charge in [0.05, 0.1) is 25.5 Å². The summed E-state index contributed by atoms with van der Waals surface area (Å²) in [5.74, 6) is 0.798. The van der Waals surface area contributed by atoms with Crippen molar-refractivity contribution < 1.29 is 14.6 Å². The van der Waals surface area contributed by atoms with E-state index >= 15 is 0 Å². The Labute approximate surface area is 102 Å². The van der Waals surface area contributed by atoms with Crippen molar-refractivity contribution in [3.8, 4) is 5.75 Å². The molecule has 2 N–H and O–H groups in total. The molecule has 96 valence electrons. The first-order chi connectivity index (χ1) is 8.15. The number of aromatic nitrogens is 1. The molecule has 5 nitrogen and oxygen atoms in total. The summed E-state index contributed by atoms with van der Waals surface area (Å²) in [7, 11) is 3.20. The third kappa shape index (κ3) is 5.12. The Hall–Kier alpha value is -1.17. The number of nitrogens with zero attached hydrogens (tertiary/aromatic N) is 1. The number of rotatable bonds is 7. The van der Waals surface area contributed by atoms with Crippen molar-refractivity contribution in [1.82, 2.24) is 10.3 Å². The molecule has 1 heterocycles. The Balaban J connectivity index is 2.43. The fourth-order valence-corrected chi connectivity index (χ4v) is 1.53. The Morgan fingerprint density at radius 2 is 2.18 bits per heavy atom. The number of aliphatic hydroxyl groups is 1. The lowest BCUT2D eigenvalue weighted by atomic mass is 10.3. The first-order valence-electron chi connectivity index (χ1n) is 5.55. The van der Waals surface area contributed by atoms with Gasteiger partial charge in [-0.25, -0.2) is 0 Å². The van der Waals surface area contributed by atoms with Gasteiger partial charge in [-0.1, -0.05) is 0 Å². The monoisotopic (exact) mass is 240 g/mol. The largest absolute Gasteiger partial charge is 0.497 e. The molecule has 0 bridgehead atoms. The SMILES string of the molecule is COCC(O)CNCc1cc(OC)cc(C)n1. The zero-order valence-electron chi connectivity index (χ0n) is 10.6. The number of aryl methyl sites for hydroxylation is 1. The molecule has 1 aromatic rings. The second kappa shape index (κ2) is 7.21. The predicted octanol–water partition coefficient (Wildman–Crippen LogP) is 0.496. The van der Waals surface area contributed by atoms with Gasteiger partial charge in [-0.2, -0.15) is 0 Å². The summed E-state index contributed by atoms with van der Waals surface area (Å²) >= 11 is 0. The minimum atomic E-state index is -0.494. The van der Waals surface area contributed by atoms with Crippen molar-refractivity contribution in [2.24, 2.45) is 0 Å². The van der Waals surface area contributed by atoms with Crippen LogP contribution >= 0.6 is 0 Å². The second-order valence-electron chi connectivity index (χ2n) is 3.88. The molecule has 1 atom stereocenters. The Kier molecular flexibility index (Phi) is 5.90. The molecule has 0 aromatic carbocycles. The number of pyridine rings is 1. The maximum Gasteiger partial charge on any atom is 0.122 e. The van der Waals surface area contributed by atoms with E-state index in [-0.39, 0.29) is 0 Å². The van der Waals surface area contributed by atoms with Gasteiger partial charge in [0.2, 0.25) is 0 Å². The molecule has 0 saturated carbocycles. The molecule has 0 fully saturated rings. The molecule has 17 heavy (non-hydrogen) atoms. The summed E-state index contributed by atoms with van der Waals surface area (Å²) in [5, 5.41) is 12.6.